The lowest BCUT2D eigenvalue weighted by molar-refractivity contribution is -0.148. The Bertz CT molecular complexity index is 2020. The molecule has 1 saturated carbocycles. The van der Waals surface area contributed by atoms with E-state index < -0.39 is 53.0 Å². The van der Waals surface area contributed by atoms with Crippen molar-refractivity contribution in [2.45, 2.75) is 91.0 Å². The molecule has 3 amide bonds. The Balaban J connectivity index is 1.66. The number of hydrogen-bond acceptors (Lipinski definition) is 8. The SMILES string of the molecule is CN(C)C=NC(=O)c1cc([C@@H](COC(=O)CC2CC2)N2C(=O)[C@@](CC(C)(C)C)(c3ccc(-c4cnn(C(F)F)c4)cc3)N=C2NC(=O)OC(C)(C)C)ccc1Cl. The van der Waals surface area contributed by atoms with E-state index in [-0.39, 0.29) is 41.9 Å². The van der Waals surface area contributed by atoms with E-state index in [1.807, 2.05) is 20.8 Å². The summed E-state index contributed by atoms with van der Waals surface area (Å²) in [7, 11) is 3.41. The monoisotopic (exact) mass is 795 g/mol. The molecule has 0 spiro atoms. The summed E-state index contributed by atoms with van der Waals surface area (Å²) in [6, 6.07) is 10.2. The first-order valence-corrected chi connectivity index (χ1v) is 18.6. The highest BCUT2D eigenvalue weighted by atomic mass is 35.5. The van der Waals surface area contributed by atoms with Gasteiger partial charge in [-0.05, 0) is 80.2 Å². The Morgan fingerprint density at radius 3 is 2.32 bits per heavy atom. The van der Waals surface area contributed by atoms with Crippen LogP contribution in [-0.2, 0) is 24.6 Å². The molecule has 2 aromatic carbocycles. The summed E-state index contributed by atoms with van der Waals surface area (Å²) in [5.41, 5.74) is -1.25. The van der Waals surface area contributed by atoms with Crippen molar-refractivity contribution in [3.05, 3.63) is 76.6 Å². The molecule has 5 rings (SSSR count). The zero-order valence-corrected chi connectivity index (χ0v) is 33.6. The fraction of sp³-hybridized carbons (Fsp3) is 0.475. The number of amides is 3. The zero-order valence-electron chi connectivity index (χ0n) is 32.8. The number of nitrogens with zero attached hydrogens (tertiary/aromatic N) is 6. The maximum Gasteiger partial charge on any atom is 0.414 e. The number of guanidine groups is 1. The summed E-state index contributed by atoms with van der Waals surface area (Å²) in [6.45, 7) is 7.72. The first-order chi connectivity index (χ1) is 26.2. The number of nitrogens with one attached hydrogen (secondary N) is 1. The number of rotatable bonds is 12. The van der Waals surface area contributed by atoms with Crippen molar-refractivity contribution >= 4 is 47.8 Å². The van der Waals surface area contributed by atoms with Crippen LogP contribution in [0.5, 0.6) is 0 Å². The molecule has 2 heterocycles. The van der Waals surface area contributed by atoms with E-state index in [4.69, 9.17) is 26.1 Å². The lowest BCUT2D eigenvalue weighted by Gasteiger charge is -2.35. The molecule has 13 nitrogen and oxygen atoms in total. The third-order valence-corrected chi connectivity index (χ3v) is 9.20. The van der Waals surface area contributed by atoms with Crippen LogP contribution in [0.2, 0.25) is 5.02 Å². The van der Waals surface area contributed by atoms with Crippen LogP contribution in [0.25, 0.3) is 11.1 Å². The van der Waals surface area contributed by atoms with Gasteiger partial charge in [0.15, 0.2) is 5.54 Å². The van der Waals surface area contributed by atoms with Crippen molar-refractivity contribution in [1.29, 1.82) is 0 Å². The van der Waals surface area contributed by atoms with Crippen LogP contribution < -0.4 is 5.32 Å². The molecule has 2 atom stereocenters. The number of carbonyl (C=O) groups excluding carboxylic acids is 4. The smallest absolute Gasteiger partial charge is 0.414 e. The van der Waals surface area contributed by atoms with Gasteiger partial charge in [0.2, 0.25) is 5.96 Å². The fourth-order valence-corrected chi connectivity index (χ4v) is 6.51. The average molecular weight is 796 g/mol. The third-order valence-electron chi connectivity index (χ3n) is 8.87. The highest BCUT2D eigenvalue weighted by molar-refractivity contribution is 6.34. The van der Waals surface area contributed by atoms with Gasteiger partial charge in [-0.25, -0.2) is 14.5 Å². The van der Waals surface area contributed by atoms with E-state index in [9.17, 15) is 23.2 Å². The number of carbonyl (C=O) groups is 4. The second kappa shape index (κ2) is 16.5. The third kappa shape index (κ3) is 10.4. The Hall–Kier alpha value is -5.18. The molecule has 2 aliphatic rings. The molecule has 1 aliphatic heterocycles. The lowest BCUT2D eigenvalue weighted by Crippen LogP contribution is -2.50. The Morgan fingerprint density at radius 2 is 1.75 bits per heavy atom. The van der Waals surface area contributed by atoms with Gasteiger partial charge in [0.05, 0.1) is 29.2 Å². The lowest BCUT2D eigenvalue weighted by atomic mass is 9.75. The van der Waals surface area contributed by atoms with Crippen molar-refractivity contribution in [2.24, 2.45) is 21.3 Å². The molecular formula is C40H48ClF2N7O6. The number of hydrogen-bond donors (Lipinski definition) is 1. The second-order valence-electron chi connectivity index (χ2n) is 16.5. The van der Waals surface area contributed by atoms with Gasteiger partial charge in [-0.15, -0.1) is 0 Å². The minimum Gasteiger partial charge on any atom is -0.463 e. The van der Waals surface area contributed by atoms with Crippen molar-refractivity contribution in [3.8, 4) is 11.1 Å². The summed E-state index contributed by atoms with van der Waals surface area (Å²) < 4.78 is 38.6. The Labute approximate surface area is 330 Å². The van der Waals surface area contributed by atoms with Gasteiger partial charge >= 0.3 is 18.6 Å². The van der Waals surface area contributed by atoms with Crippen LogP contribution in [0.15, 0.2) is 64.8 Å². The Morgan fingerprint density at radius 1 is 1.07 bits per heavy atom. The molecule has 1 fully saturated rings. The number of esters is 1. The standard InChI is InChI=1S/C40H48ClF2N7O6/c1-38(2,3)22-40(28-14-11-25(12-15-28)27-19-45-49(20-27)35(42)43)34(53)50(36(47-40)46-37(54)56-39(4,5)6)31(21-55-32(51)17-24-9-10-24)26-13-16-30(41)29(18-26)33(52)44-23-48(7)8/h11-16,18-20,23-24,31,35H,9-10,17,21-22H2,1-8H3,(H,46,47,54)/t31-,40-/m1/s1. The molecule has 0 radical (unpaired) electrons. The number of ether oxygens (including phenoxy) is 2. The summed E-state index contributed by atoms with van der Waals surface area (Å²) >= 11 is 6.51. The predicted octanol–water partition coefficient (Wildman–Crippen LogP) is 7.77. The number of benzene rings is 2. The molecule has 3 aromatic rings. The zero-order chi connectivity index (χ0) is 41.2. The van der Waals surface area contributed by atoms with Crippen molar-refractivity contribution in [1.82, 2.24) is 24.9 Å². The van der Waals surface area contributed by atoms with Gasteiger partial charge in [0.1, 0.15) is 12.2 Å². The summed E-state index contributed by atoms with van der Waals surface area (Å²) in [6.07, 6.45) is 5.17. The molecule has 1 aromatic heterocycles. The minimum absolute atomic E-state index is 0.0357. The first-order valence-electron chi connectivity index (χ1n) is 18.2. The van der Waals surface area contributed by atoms with Crippen LogP contribution >= 0.6 is 11.6 Å². The van der Waals surface area contributed by atoms with Crippen LogP contribution in [0.3, 0.4) is 0 Å². The number of alkyl carbamates (subject to hydrolysis) is 1. The van der Waals surface area contributed by atoms with Gasteiger partial charge in [0, 0.05) is 32.3 Å². The van der Waals surface area contributed by atoms with E-state index in [0.29, 0.717) is 26.9 Å². The van der Waals surface area contributed by atoms with Crippen LogP contribution in [-0.4, -0.2) is 82.1 Å². The molecule has 1 N–H and O–H groups in total. The highest BCUT2D eigenvalue weighted by Crippen LogP contribution is 2.46. The summed E-state index contributed by atoms with van der Waals surface area (Å²) in [5.74, 6) is -1.62. The molecule has 0 saturated heterocycles. The molecular weight excluding hydrogens is 748 g/mol. The predicted molar refractivity (Wildman–Crippen MR) is 207 cm³/mol. The van der Waals surface area contributed by atoms with Gasteiger partial charge in [0.25, 0.3) is 11.8 Å². The highest BCUT2D eigenvalue weighted by Gasteiger charge is 2.54. The van der Waals surface area contributed by atoms with Crippen molar-refractivity contribution in [3.63, 3.8) is 0 Å². The minimum atomic E-state index is -2.81. The normalized spacial score (nSPS) is 18.0. The van der Waals surface area contributed by atoms with Gasteiger partial charge < -0.3 is 14.4 Å². The second-order valence-corrected chi connectivity index (χ2v) is 16.9. The van der Waals surface area contributed by atoms with Gasteiger partial charge in [-0.3, -0.25) is 24.6 Å². The molecule has 56 heavy (non-hydrogen) atoms. The maximum absolute atomic E-state index is 15.4. The number of aromatic nitrogens is 2. The average Bonchev–Trinajstić information content (AvgIpc) is 3.68. The molecule has 1 aliphatic carbocycles. The van der Waals surface area contributed by atoms with Crippen molar-refractivity contribution in [2.75, 3.05) is 20.7 Å². The van der Waals surface area contributed by atoms with Gasteiger partial charge in [-0.2, -0.15) is 18.9 Å². The van der Waals surface area contributed by atoms with E-state index in [0.717, 1.165) is 12.8 Å². The van der Waals surface area contributed by atoms with E-state index in [2.05, 4.69) is 15.4 Å². The summed E-state index contributed by atoms with van der Waals surface area (Å²) in [4.78, 5) is 67.0. The van der Waals surface area contributed by atoms with E-state index in [1.165, 1.54) is 35.8 Å². The van der Waals surface area contributed by atoms with Crippen LogP contribution in [0.1, 0.15) is 101 Å². The number of alkyl halides is 2. The Kier molecular flexibility index (Phi) is 12.4. The fourth-order valence-electron chi connectivity index (χ4n) is 6.31. The van der Waals surface area contributed by atoms with Gasteiger partial charge in [-0.1, -0.05) is 62.7 Å². The topological polar surface area (TPSA) is 148 Å². The quantitative estimate of drug-likeness (QED) is 0.111. The van der Waals surface area contributed by atoms with Crippen LogP contribution in [0, 0.1) is 11.3 Å². The van der Waals surface area contributed by atoms with E-state index >= 15 is 4.79 Å². The molecule has 16 heteroatoms. The van der Waals surface area contributed by atoms with Crippen LogP contribution in [0.4, 0.5) is 13.6 Å². The van der Waals surface area contributed by atoms with Crippen molar-refractivity contribution < 1.29 is 37.4 Å². The largest absolute Gasteiger partial charge is 0.463 e. The number of halogens is 3. The molecule has 300 valence electrons. The molecule has 0 bridgehead atoms. The number of aliphatic imine (C=N–C) groups is 2. The molecule has 0 unspecified atom stereocenters. The summed E-state index contributed by atoms with van der Waals surface area (Å²) in [5, 5.41) is 6.53. The van der Waals surface area contributed by atoms with E-state index in [1.54, 1.807) is 70.1 Å². The maximum atomic E-state index is 15.4. The first kappa shape index (κ1) is 42.0.